The fraction of sp³-hybridized carbons (Fsp3) is 0. The lowest BCUT2D eigenvalue weighted by molar-refractivity contribution is 0.103. The molecule has 104 valence electrons. The third-order valence-corrected chi connectivity index (χ3v) is 2.77. The largest absolute Gasteiger partial charge is 0.288 e. The second kappa shape index (κ2) is 6.06. The van der Waals surface area contributed by atoms with Gasteiger partial charge in [-0.2, -0.15) is 5.26 Å². The number of rotatable bonds is 3. The molecule has 21 heavy (non-hydrogen) atoms. The van der Waals surface area contributed by atoms with Gasteiger partial charge < -0.3 is 0 Å². The number of carbonyl (C=O) groups is 1. The first-order valence-electron chi connectivity index (χ1n) is 5.89. The van der Waals surface area contributed by atoms with Crippen molar-refractivity contribution in [1.82, 2.24) is 0 Å². The van der Waals surface area contributed by atoms with Gasteiger partial charge >= 0.3 is 0 Å². The molecule has 2 rings (SSSR count). The summed E-state index contributed by atoms with van der Waals surface area (Å²) in [5, 5.41) is 8.99. The van der Waals surface area contributed by atoms with Gasteiger partial charge in [0.25, 0.3) is 0 Å². The maximum atomic E-state index is 13.5. The van der Waals surface area contributed by atoms with Crippen molar-refractivity contribution in [3.63, 3.8) is 0 Å². The van der Waals surface area contributed by atoms with Crippen molar-refractivity contribution in [3.05, 3.63) is 76.6 Å². The molecule has 0 bridgehead atoms. The Kier molecular flexibility index (Phi) is 4.19. The molecular weight excluding hydrogens is 279 g/mol. The molecule has 0 radical (unpaired) electrons. The van der Waals surface area contributed by atoms with Gasteiger partial charge in [0.2, 0.25) is 5.78 Å². The molecule has 0 N–H and O–H groups in total. The van der Waals surface area contributed by atoms with Crippen molar-refractivity contribution in [2.45, 2.75) is 0 Å². The smallest absolute Gasteiger partial charge is 0.206 e. The van der Waals surface area contributed by atoms with E-state index in [9.17, 15) is 18.0 Å². The van der Waals surface area contributed by atoms with Gasteiger partial charge in [-0.15, -0.1) is 0 Å². The maximum absolute atomic E-state index is 13.5. The SMILES string of the molecule is N#C/C(=C\c1c(F)cccc1F)C(=O)c1ccccc1F. The van der Waals surface area contributed by atoms with Crippen LogP contribution in [0.5, 0.6) is 0 Å². The zero-order valence-electron chi connectivity index (χ0n) is 10.6. The van der Waals surface area contributed by atoms with Gasteiger partial charge in [-0.05, 0) is 30.3 Å². The minimum absolute atomic E-state index is 0.331. The highest BCUT2D eigenvalue weighted by Gasteiger charge is 2.17. The van der Waals surface area contributed by atoms with E-state index in [0.717, 1.165) is 30.3 Å². The normalized spacial score (nSPS) is 11.0. The van der Waals surface area contributed by atoms with Gasteiger partial charge in [0.1, 0.15) is 29.1 Å². The Bertz CT molecular complexity index is 755. The van der Waals surface area contributed by atoms with E-state index in [1.54, 1.807) is 6.07 Å². The number of halogens is 3. The second-order valence-corrected chi connectivity index (χ2v) is 4.11. The second-order valence-electron chi connectivity index (χ2n) is 4.11. The van der Waals surface area contributed by atoms with Crippen molar-refractivity contribution < 1.29 is 18.0 Å². The molecule has 0 saturated heterocycles. The fourth-order valence-electron chi connectivity index (χ4n) is 1.73. The number of nitriles is 1. The maximum Gasteiger partial charge on any atom is 0.206 e. The lowest BCUT2D eigenvalue weighted by Gasteiger charge is -2.03. The van der Waals surface area contributed by atoms with Crippen LogP contribution >= 0.6 is 0 Å². The summed E-state index contributed by atoms with van der Waals surface area (Å²) in [6, 6.07) is 9.77. The molecule has 0 aliphatic rings. The van der Waals surface area contributed by atoms with E-state index in [1.165, 1.54) is 18.2 Å². The van der Waals surface area contributed by atoms with Crippen LogP contribution in [0.1, 0.15) is 15.9 Å². The summed E-state index contributed by atoms with van der Waals surface area (Å²) in [6.45, 7) is 0. The summed E-state index contributed by atoms with van der Waals surface area (Å²) in [5.41, 5.74) is -1.40. The van der Waals surface area contributed by atoms with Crippen LogP contribution in [0.15, 0.2) is 48.0 Å². The Morgan fingerprint density at radius 1 is 0.952 bits per heavy atom. The first kappa shape index (κ1) is 14.5. The predicted octanol–water partition coefficient (Wildman–Crippen LogP) is 3.89. The number of hydrogen-bond donors (Lipinski definition) is 0. The van der Waals surface area contributed by atoms with Crippen LogP contribution in [0, 0.1) is 28.8 Å². The highest BCUT2D eigenvalue weighted by Crippen LogP contribution is 2.19. The number of hydrogen-bond acceptors (Lipinski definition) is 2. The summed E-state index contributed by atoms with van der Waals surface area (Å²) in [7, 11) is 0. The van der Waals surface area contributed by atoms with Crippen LogP contribution in [-0.2, 0) is 0 Å². The Labute approximate surface area is 118 Å². The molecule has 0 aliphatic heterocycles. The molecule has 0 spiro atoms. The molecule has 0 amide bonds. The molecule has 0 fully saturated rings. The molecule has 5 heteroatoms. The van der Waals surface area contributed by atoms with Crippen LogP contribution in [0.2, 0.25) is 0 Å². The Balaban J connectivity index is 2.51. The molecule has 0 aliphatic carbocycles. The van der Waals surface area contributed by atoms with Gasteiger partial charge in [0.15, 0.2) is 0 Å². The molecule has 0 aromatic heterocycles. The van der Waals surface area contributed by atoms with Gasteiger partial charge in [-0.25, -0.2) is 13.2 Å². The summed E-state index contributed by atoms with van der Waals surface area (Å²) < 4.78 is 40.6. The van der Waals surface area contributed by atoms with E-state index in [4.69, 9.17) is 5.26 Å². The molecule has 0 saturated carbocycles. The van der Waals surface area contributed by atoms with E-state index in [2.05, 4.69) is 0 Å². The number of allylic oxidation sites excluding steroid dienone is 1. The lowest BCUT2D eigenvalue weighted by atomic mass is 10.0. The minimum atomic E-state index is -0.932. The van der Waals surface area contributed by atoms with E-state index >= 15 is 0 Å². The van der Waals surface area contributed by atoms with E-state index in [1.807, 2.05) is 0 Å². The van der Waals surface area contributed by atoms with E-state index in [-0.39, 0.29) is 5.56 Å². The standard InChI is InChI=1S/C16H8F3NO/c17-13-5-2-1-4-11(13)16(21)10(9-20)8-12-14(18)6-3-7-15(12)19/h1-8H/b10-8+. The van der Waals surface area contributed by atoms with Gasteiger partial charge in [0.05, 0.1) is 5.56 Å². The number of carbonyl (C=O) groups excluding carboxylic acids is 1. The molecule has 2 aromatic carbocycles. The van der Waals surface area contributed by atoms with E-state index in [0.29, 0.717) is 0 Å². The van der Waals surface area contributed by atoms with Crippen molar-refractivity contribution in [2.75, 3.05) is 0 Å². The Hall–Kier alpha value is -2.87. The van der Waals surface area contributed by atoms with Crippen LogP contribution in [-0.4, -0.2) is 5.78 Å². The van der Waals surface area contributed by atoms with Crippen LogP contribution in [0.3, 0.4) is 0 Å². The number of benzene rings is 2. The fourth-order valence-corrected chi connectivity index (χ4v) is 1.73. The average molecular weight is 287 g/mol. The summed E-state index contributed by atoms with van der Waals surface area (Å²) in [5.74, 6) is -3.57. The predicted molar refractivity (Wildman–Crippen MR) is 70.7 cm³/mol. The van der Waals surface area contributed by atoms with Gasteiger partial charge in [-0.1, -0.05) is 18.2 Å². The molecule has 2 aromatic rings. The summed E-state index contributed by atoms with van der Waals surface area (Å²) in [4.78, 5) is 12.0. The first-order valence-corrected chi connectivity index (χ1v) is 5.89. The van der Waals surface area contributed by atoms with Gasteiger partial charge in [-0.3, -0.25) is 4.79 Å². The first-order chi connectivity index (χ1) is 10.0. The molecule has 0 heterocycles. The quantitative estimate of drug-likeness (QED) is 0.488. The van der Waals surface area contributed by atoms with Crippen LogP contribution in [0.4, 0.5) is 13.2 Å². The Morgan fingerprint density at radius 3 is 2.10 bits per heavy atom. The molecular formula is C16H8F3NO. The zero-order valence-corrected chi connectivity index (χ0v) is 10.6. The van der Waals surface area contributed by atoms with Crippen molar-refractivity contribution >= 4 is 11.9 Å². The monoisotopic (exact) mass is 287 g/mol. The third-order valence-electron chi connectivity index (χ3n) is 2.77. The highest BCUT2D eigenvalue weighted by molar-refractivity contribution is 6.14. The summed E-state index contributed by atoms with van der Waals surface area (Å²) in [6.07, 6.45) is 0.777. The number of ketones is 1. The Morgan fingerprint density at radius 2 is 1.52 bits per heavy atom. The molecule has 0 atom stereocenters. The number of Topliss-reactive ketones (excluding diaryl/α,β-unsaturated/α-hetero) is 1. The lowest BCUT2D eigenvalue weighted by Crippen LogP contribution is -2.05. The zero-order chi connectivity index (χ0) is 15.4. The molecule has 0 unspecified atom stereocenters. The van der Waals surface area contributed by atoms with Crippen molar-refractivity contribution in [2.24, 2.45) is 0 Å². The average Bonchev–Trinajstić information content (AvgIpc) is 2.47. The van der Waals surface area contributed by atoms with Crippen LogP contribution < -0.4 is 0 Å². The third kappa shape index (κ3) is 3.00. The minimum Gasteiger partial charge on any atom is -0.288 e. The van der Waals surface area contributed by atoms with Crippen molar-refractivity contribution in [1.29, 1.82) is 5.26 Å². The van der Waals surface area contributed by atoms with Crippen molar-refractivity contribution in [3.8, 4) is 6.07 Å². The van der Waals surface area contributed by atoms with Crippen LogP contribution in [0.25, 0.3) is 6.08 Å². The highest BCUT2D eigenvalue weighted by atomic mass is 19.1. The topological polar surface area (TPSA) is 40.9 Å². The summed E-state index contributed by atoms with van der Waals surface area (Å²) >= 11 is 0. The van der Waals surface area contributed by atoms with E-state index < -0.39 is 34.4 Å². The number of nitrogens with zero attached hydrogens (tertiary/aromatic N) is 1. The molecule has 2 nitrogen and oxygen atoms in total. The van der Waals surface area contributed by atoms with Gasteiger partial charge in [0, 0.05) is 5.56 Å².